The first-order valence-corrected chi connectivity index (χ1v) is 9.20. The van der Waals surface area contributed by atoms with E-state index in [0.29, 0.717) is 5.76 Å². The molecule has 1 fully saturated rings. The highest BCUT2D eigenvalue weighted by Gasteiger charge is 2.42. The van der Waals surface area contributed by atoms with Crippen LogP contribution in [0.2, 0.25) is 0 Å². The maximum absolute atomic E-state index is 11.0. The van der Waals surface area contributed by atoms with Crippen molar-refractivity contribution in [2.75, 3.05) is 0 Å². The van der Waals surface area contributed by atoms with Crippen LogP contribution < -0.4 is 10.7 Å². The lowest BCUT2D eigenvalue weighted by molar-refractivity contribution is -0.402. The van der Waals surface area contributed by atoms with E-state index in [1.54, 1.807) is 6.07 Å². The molecule has 0 aliphatic carbocycles. The van der Waals surface area contributed by atoms with Gasteiger partial charge in [0.2, 0.25) is 0 Å². The van der Waals surface area contributed by atoms with Crippen molar-refractivity contribution in [2.24, 2.45) is 0 Å². The molecule has 0 amide bonds. The van der Waals surface area contributed by atoms with Crippen LogP contribution in [0.25, 0.3) is 0 Å². The molecule has 2 aromatic rings. The van der Waals surface area contributed by atoms with E-state index in [1.807, 2.05) is 6.20 Å². The lowest BCUT2D eigenvalue weighted by atomic mass is 9.91. The Morgan fingerprint density at radius 3 is 2.81 bits per heavy atom. The van der Waals surface area contributed by atoms with Gasteiger partial charge in [-0.15, -0.1) is 0 Å². The summed E-state index contributed by atoms with van der Waals surface area (Å²) < 4.78 is 6.45. The molecule has 1 aromatic heterocycles. The van der Waals surface area contributed by atoms with Gasteiger partial charge >= 0.3 is 5.88 Å². The number of aryl methyl sites for hydroxylation is 2. The van der Waals surface area contributed by atoms with Gasteiger partial charge in [0, 0.05) is 10.7 Å². The minimum atomic E-state index is -0.507. The van der Waals surface area contributed by atoms with Gasteiger partial charge in [0.25, 0.3) is 0 Å². The van der Waals surface area contributed by atoms with Gasteiger partial charge in [-0.05, 0) is 37.5 Å². The van der Waals surface area contributed by atoms with E-state index >= 15 is 0 Å². The van der Waals surface area contributed by atoms with Gasteiger partial charge in [-0.2, -0.15) is 5.01 Å². The fourth-order valence-corrected chi connectivity index (χ4v) is 4.21. The summed E-state index contributed by atoms with van der Waals surface area (Å²) in [7, 11) is 0. The molecule has 2 aliphatic rings. The lowest BCUT2D eigenvalue weighted by Crippen LogP contribution is -2.54. The van der Waals surface area contributed by atoms with Gasteiger partial charge in [0.1, 0.15) is 16.8 Å². The van der Waals surface area contributed by atoms with Crippen LogP contribution >= 0.6 is 15.9 Å². The second kappa shape index (κ2) is 6.53. The average Bonchev–Trinajstić information content (AvgIpc) is 3.22. The molecule has 3 unspecified atom stereocenters. The second-order valence-electron chi connectivity index (χ2n) is 6.73. The Balaban J connectivity index is 1.69. The van der Waals surface area contributed by atoms with E-state index in [0.717, 1.165) is 10.9 Å². The Kier molecular flexibility index (Phi) is 4.34. The number of benzene rings is 1. The normalized spacial score (nSPS) is 25.5. The van der Waals surface area contributed by atoms with E-state index in [-0.39, 0.29) is 24.1 Å². The minimum absolute atomic E-state index is 0.0661. The number of furan rings is 1. The van der Waals surface area contributed by atoms with Crippen molar-refractivity contribution in [3.8, 4) is 0 Å². The third kappa shape index (κ3) is 2.94. The summed E-state index contributed by atoms with van der Waals surface area (Å²) in [4.78, 5) is 10.4. The molecule has 0 spiro atoms. The highest BCUT2D eigenvalue weighted by Crippen LogP contribution is 2.42. The topological polar surface area (TPSA) is 83.6 Å². The van der Waals surface area contributed by atoms with Crippen LogP contribution in [0.4, 0.5) is 5.88 Å². The summed E-state index contributed by atoms with van der Waals surface area (Å²) in [6.07, 6.45) is 2.58. The monoisotopic (exact) mass is 418 g/mol. The van der Waals surface area contributed by atoms with Crippen LogP contribution in [0.1, 0.15) is 41.0 Å². The van der Waals surface area contributed by atoms with Crippen LogP contribution in [-0.4, -0.2) is 16.1 Å². The van der Waals surface area contributed by atoms with E-state index < -0.39 is 4.92 Å². The second-order valence-corrected chi connectivity index (χ2v) is 7.65. The Hall–Kier alpha value is -2.16. The number of nitrogens with one attached hydrogen (secondary N) is 2. The van der Waals surface area contributed by atoms with Gasteiger partial charge in [-0.3, -0.25) is 15.4 Å². The third-order valence-corrected chi connectivity index (χ3v) is 5.63. The van der Waals surface area contributed by atoms with Crippen molar-refractivity contribution < 1.29 is 9.34 Å². The molecule has 4 rings (SSSR count). The van der Waals surface area contributed by atoms with Crippen molar-refractivity contribution >= 4 is 21.8 Å². The van der Waals surface area contributed by atoms with Gasteiger partial charge in [0.15, 0.2) is 0 Å². The van der Waals surface area contributed by atoms with Crippen LogP contribution in [-0.2, 0) is 0 Å². The molecule has 3 heterocycles. The largest absolute Gasteiger partial charge is 0.433 e. The Bertz CT molecular complexity index is 894. The fourth-order valence-electron chi connectivity index (χ4n) is 3.75. The predicted octanol–water partition coefficient (Wildman–Crippen LogP) is 3.96. The number of fused-ring (bicyclic) bond motifs is 1. The molecule has 1 saturated heterocycles. The SMILES string of the molecule is Cc1ccc(C2CC(c3ccc([N+](=O)[O-])o3)NC3C(Br)=CNN32)c(C)c1. The number of hydrazine groups is 1. The molecule has 2 N–H and O–H groups in total. The first kappa shape index (κ1) is 17.3. The van der Waals surface area contributed by atoms with Gasteiger partial charge in [0.05, 0.1) is 18.2 Å². The average molecular weight is 419 g/mol. The summed E-state index contributed by atoms with van der Waals surface area (Å²) in [5.41, 5.74) is 7.00. The quantitative estimate of drug-likeness (QED) is 0.579. The zero-order valence-electron chi connectivity index (χ0n) is 14.4. The Morgan fingerprint density at radius 1 is 1.31 bits per heavy atom. The molecule has 2 aliphatic heterocycles. The summed E-state index contributed by atoms with van der Waals surface area (Å²) in [5.74, 6) is 0.352. The van der Waals surface area contributed by atoms with Gasteiger partial charge in [-0.25, -0.2) is 0 Å². The summed E-state index contributed by atoms with van der Waals surface area (Å²) in [6, 6.07) is 9.52. The van der Waals surface area contributed by atoms with Crippen molar-refractivity contribution in [2.45, 2.75) is 38.5 Å². The van der Waals surface area contributed by atoms with E-state index in [9.17, 15) is 10.1 Å². The van der Waals surface area contributed by atoms with Crippen molar-refractivity contribution in [3.05, 3.63) is 73.6 Å². The summed E-state index contributed by atoms with van der Waals surface area (Å²) >= 11 is 3.59. The summed E-state index contributed by atoms with van der Waals surface area (Å²) in [5, 5.41) is 16.6. The van der Waals surface area contributed by atoms with Crippen LogP contribution in [0.3, 0.4) is 0 Å². The molecule has 0 saturated carbocycles. The molecular weight excluding hydrogens is 400 g/mol. The van der Waals surface area contributed by atoms with Crippen LogP contribution in [0.5, 0.6) is 0 Å². The molecular formula is C18H19BrN4O3. The first-order chi connectivity index (χ1) is 12.4. The number of halogens is 1. The zero-order chi connectivity index (χ0) is 18.4. The van der Waals surface area contributed by atoms with E-state index in [4.69, 9.17) is 4.42 Å². The highest BCUT2D eigenvalue weighted by molar-refractivity contribution is 9.11. The molecule has 0 radical (unpaired) electrons. The number of nitro groups is 1. The number of nitrogens with zero attached hydrogens (tertiary/aromatic N) is 2. The predicted molar refractivity (Wildman–Crippen MR) is 100 cm³/mol. The lowest BCUT2D eigenvalue weighted by Gasteiger charge is -2.42. The smallest absolute Gasteiger partial charge is 0.404 e. The number of rotatable bonds is 3. The van der Waals surface area contributed by atoms with E-state index in [1.165, 1.54) is 22.8 Å². The molecule has 8 heteroatoms. The fraction of sp³-hybridized carbons (Fsp3) is 0.333. The molecule has 7 nitrogen and oxygen atoms in total. The van der Waals surface area contributed by atoms with Crippen molar-refractivity contribution in [1.29, 1.82) is 0 Å². The maximum Gasteiger partial charge on any atom is 0.433 e. The van der Waals surface area contributed by atoms with Gasteiger partial charge < -0.3 is 9.84 Å². The summed E-state index contributed by atoms with van der Waals surface area (Å²) in [6.45, 7) is 4.20. The van der Waals surface area contributed by atoms with E-state index in [2.05, 4.69) is 63.7 Å². The molecule has 3 atom stereocenters. The number of hydrogen-bond acceptors (Lipinski definition) is 6. The zero-order valence-corrected chi connectivity index (χ0v) is 16.0. The number of hydrogen-bond donors (Lipinski definition) is 2. The van der Waals surface area contributed by atoms with Crippen molar-refractivity contribution in [1.82, 2.24) is 15.8 Å². The molecule has 26 heavy (non-hydrogen) atoms. The molecule has 0 bridgehead atoms. The van der Waals surface area contributed by atoms with Gasteiger partial charge in [-0.1, -0.05) is 39.7 Å². The van der Waals surface area contributed by atoms with Crippen LogP contribution in [0.15, 0.2) is 45.4 Å². The molecule has 1 aromatic carbocycles. The Morgan fingerprint density at radius 2 is 2.12 bits per heavy atom. The molecule has 136 valence electrons. The maximum atomic E-state index is 11.0. The standard InChI is InChI=1S/C18H19BrN4O3/c1-10-3-4-12(11(2)7-10)15-8-14(16-5-6-17(26-16)23(24)25)21-18-13(19)9-20-22(15)18/h3-7,9,14-15,18,20-21H,8H2,1-2H3. The Labute approximate surface area is 159 Å². The first-order valence-electron chi connectivity index (χ1n) is 8.41. The highest BCUT2D eigenvalue weighted by atomic mass is 79.9. The van der Waals surface area contributed by atoms with Crippen molar-refractivity contribution in [3.63, 3.8) is 0 Å². The minimum Gasteiger partial charge on any atom is -0.404 e. The third-order valence-electron chi connectivity index (χ3n) is 4.96. The van der Waals surface area contributed by atoms with Crippen LogP contribution in [0, 0.1) is 24.0 Å².